The van der Waals surface area contributed by atoms with Crippen molar-refractivity contribution in [3.63, 3.8) is 0 Å². The van der Waals surface area contributed by atoms with Gasteiger partial charge in [0.25, 0.3) is 11.6 Å². The lowest BCUT2D eigenvalue weighted by Gasteiger charge is -2.36. The maximum Gasteiger partial charge on any atom is 0.282 e. The number of hydrogen-bond donors (Lipinski definition) is 1. The first kappa shape index (κ1) is 20.8. The number of halogens is 2. The van der Waals surface area contributed by atoms with E-state index in [-0.39, 0.29) is 29.7 Å². The fraction of sp³-hybridized carbons (Fsp3) is 0.316. The summed E-state index contributed by atoms with van der Waals surface area (Å²) in [7, 11) is 0. The Morgan fingerprint density at radius 3 is 2.63 bits per heavy atom. The lowest BCUT2D eigenvalue weighted by atomic mass is 9.99. The summed E-state index contributed by atoms with van der Waals surface area (Å²) < 4.78 is 13.6. The first-order chi connectivity index (χ1) is 12.5. The number of carbonyl (C=O) groups is 1. The van der Waals surface area contributed by atoms with E-state index in [0.717, 1.165) is 30.2 Å². The lowest BCUT2D eigenvalue weighted by Crippen LogP contribution is -2.48. The monoisotopic (exact) mass is 393 g/mol. The minimum atomic E-state index is -0.669. The third-order valence-electron chi connectivity index (χ3n) is 4.66. The van der Waals surface area contributed by atoms with Gasteiger partial charge in [0.2, 0.25) is 0 Å². The number of aryl methyl sites for hydroxylation is 1. The Morgan fingerprint density at radius 2 is 2.00 bits per heavy atom. The molecule has 144 valence electrons. The predicted octanol–water partition coefficient (Wildman–Crippen LogP) is 3.50. The number of benzene rings is 2. The van der Waals surface area contributed by atoms with E-state index in [4.69, 9.17) is 0 Å². The molecule has 0 spiro atoms. The van der Waals surface area contributed by atoms with Crippen LogP contribution in [0.2, 0.25) is 0 Å². The van der Waals surface area contributed by atoms with Gasteiger partial charge in [0.15, 0.2) is 0 Å². The number of rotatable bonds is 4. The maximum absolute atomic E-state index is 13.6. The molecule has 1 aliphatic rings. The number of nitro benzene ring substituents is 1. The minimum absolute atomic E-state index is 0. The molecule has 1 unspecified atom stereocenters. The van der Waals surface area contributed by atoms with Crippen LogP contribution in [0.3, 0.4) is 0 Å². The molecule has 1 amide bonds. The van der Waals surface area contributed by atoms with Crippen molar-refractivity contribution in [1.29, 1.82) is 0 Å². The third-order valence-corrected chi connectivity index (χ3v) is 4.66. The average molecular weight is 394 g/mol. The Kier molecular flexibility index (Phi) is 6.87. The van der Waals surface area contributed by atoms with E-state index in [9.17, 15) is 19.3 Å². The van der Waals surface area contributed by atoms with Crippen LogP contribution in [-0.4, -0.2) is 35.4 Å². The summed E-state index contributed by atoms with van der Waals surface area (Å²) in [4.78, 5) is 25.2. The molecule has 0 radical (unpaired) electrons. The van der Waals surface area contributed by atoms with E-state index in [2.05, 4.69) is 12.2 Å². The van der Waals surface area contributed by atoms with E-state index in [1.807, 2.05) is 24.3 Å². The van der Waals surface area contributed by atoms with Crippen LogP contribution >= 0.6 is 12.4 Å². The Bertz CT molecular complexity index is 829. The Morgan fingerprint density at radius 1 is 1.30 bits per heavy atom. The largest absolute Gasteiger partial charge is 0.329 e. The van der Waals surface area contributed by atoms with Gasteiger partial charge in [-0.2, -0.15) is 0 Å². The summed E-state index contributed by atoms with van der Waals surface area (Å²) in [5.41, 5.74) is 1.54. The number of nitrogens with zero attached hydrogens (tertiary/aromatic N) is 2. The van der Waals surface area contributed by atoms with Crippen LogP contribution in [0.4, 0.5) is 10.1 Å². The van der Waals surface area contributed by atoms with Crippen LogP contribution in [0.5, 0.6) is 0 Å². The number of hydrogen-bond acceptors (Lipinski definition) is 4. The first-order valence-corrected chi connectivity index (χ1v) is 8.55. The molecule has 0 aromatic heterocycles. The fourth-order valence-corrected chi connectivity index (χ4v) is 3.21. The van der Waals surface area contributed by atoms with Gasteiger partial charge >= 0.3 is 0 Å². The zero-order chi connectivity index (χ0) is 18.7. The Hall–Kier alpha value is -2.51. The molecule has 1 saturated heterocycles. The molecule has 1 heterocycles. The van der Waals surface area contributed by atoms with Crippen LogP contribution in [0.15, 0.2) is 42.5 Å². The van der Waals surface area contributed by atoms with Gasteiger partial charge in [-0.15, -0.1) is 12.4 Å². The van der Waals surface area contributed by atoms with Crippen LogP contribution in [0, 0.1) is 15.9 Å². The van der Waals surface area contributed by atoms with Crippen molar-refractivity contribution >= 4 is 24.0 Å². The molecule has 0 bridgehead atoms. The highest BCUT2D eigenvalue weighted by Crippen LogP contribution is 2.28. The molecule has 27 heavy (non-hydrogen) atoms. The molecule has 3 rings (SSSR count). The standard InChI is InChI=1S/C19H20FN3O3.ClH/c1-2-13-3-5-14(6-4-13)18-12-21-9-10-22(18)19(24)16-11-15(20)7-8-17(16)23(25)26;/h3-8,11,18,21H,2,9-10,12H2,1H3;1H. The van der Waals surface area contributed by atoms with Gasteiger partial charge in [-0.1, -0.05) is 31.2 Å². The maximum atomic E-state index is 13.6. The highest BCUT2D eigenvalue weighted by atomic mass is 35.5. The summed E-state index contributed by atoms with van der Waals surface area (Å²) in [5.74, 6) is -1.19. The second kappa shape index (κ2) is 8.92. The molecular weight excluding hydrogens is 373 g/mol. The smallest absolute Gasteiger partial charge is 0.282 e. The lowest BCUT2D eigenvalue weighted by molar-refractivity contribution is -0.385. The number of amides is 1. The summed E-state index contributed by atoms with van der Waals surface area (Å²) in [6.45, 7) is 3.58. The van der Waals surface area contributed by atoms with E-state index in [0.29, 0.717) is 19.6 Å². The highest BCUT2D eigenvalue weighted by molar-refractivity contribution is 5.98. The van der Waals surface area contributed by atoms with Crippen molar-refractivity contribution in [3.8, 4) is 0 Å². The van der Waals surface area contributed by atoms with E-state index in [1.54, 1.807) is 4.90 Å². The topological polar surface area (TPSA) is 75.5 Å². The van der Waals surface area contributed by atoms with Crippen LogP contribution in [0.25, 0.3) is 0 Å². The van der Waals surface area contributed by atoms with Crippen molar-refractivity contribution in [3.05, 3.63) is 75.1 Å². The number of carbonyl (C=O) groups excluding carboxylic acids is 1. The predicted molar refractivity (Wildman–Crippen MR) is 103 cm³/mol. The molecule has 0 aliphatic carbocycles. The molecule has 6 nitrogen and oxygen atoms in total. The number of nitro groups is 1. The summed E-state index contributed by atoms with van der Waals surface area (Å²) in [6.07, 6.45) is 0.918. The SMILES string of the molecule is CCc1ccc(C2CNCCN2C(=O)c2cc(F)ccc2[N+](=O)[O-])cc1.Cl. The van der Waals surface area contributed by atoms with Gasteiger partial charge < -0.3 is 10.2 Å². The van der Waals surface area contributed by atoms with Crippen molar-refractivity contribution < 1.29 is 14.1 Å². The zero-order valence-corrected chi connectivity index (χ0v) is 15.7. The highest BCUT2D eigenvalue weighted by Gasteiger charge is 2.32. The molecule has 1 atom stereocenters. The molecule has 1 N–H and O–H groups in total. The van der Waals surface area contributed by atoms with Crippen LogP contribution < -0.4 is 5.32 Å². The average Bonchev–Trinajstić information content (AvgIpc) is 2.67. The number of piperazine rings is 1. The molecule has 0 saturated carbocycles. The molecule has 2 aromatic rings. The molecular formula is C19H21ClFN3O3. The van der Waals surface area contributed by atoms with Crippen LogP contribution in [0.1, 0.15) is 34.5 Å². The molecule has 8 heteroatoms. The van der Waals surface area contributed by atoms with E-state index < -0.39 is 16.6 Å². The van der Waals surface area contributed by atoms with Gasteiger partial charge in [-0.05, 0) is 29.7 Å². The molecule has 2 aromatic carbocycles. The van der Waals surface area contributed by atoms with Crippen LogP contribution in [-0.2, 0) is 6.42 Å². The summed E-state index contributed by atoms with van der Waals surface area (Å²) in [5, 5.41) is 14.5. The Labute approximate surface area is 162 Å². The molecule has 1 aliphatic heterocycles. The Balaban J connectivity index is 0.00000261. The fourth-order valence-electron chi connectivity index (χ4n) is 3.21. The van der Waals surface area contributed by atoms with Crippen molar-refractivity contribution in [1.82, 2.24) is 10.2 Å². The second-order valence-electron chi connectivity index (χ2n) is 6.23. The van der Waals surface area contributed by atoms with Crippen molar-refractivity contribution in [2.24, 2.45) is 0 Å². The van der Waals surface area contributed by atoms with Gasteiger partial charge in [0.1, 0.15) is 11.4 Å². The summed E-state index contributed by atoms with van der Waals surface area (Å²) >= 11 is 0. The normalized spacial score (nSPS) is 16.5. The van der Waals surface area contributed by atoms with Crippen molar-refractivity contribution in [2.75, 3.05) is 19.6 Å². The number of nitrogens with one attached hydrogen (secondary N) is 1. The second-order valence-corrected chi connectivity index (χ2v) is 6.23. The van der Waals surface area contributed by atoms with Gasteiger partial charge in [0.05, 0.1) is 11.0 Å². The van der Waals surface area contributed by atoms with E-state index >= 15 is 0 Å². The van der Waals surface area contributed by atoms with Gasteiger partial charge in [-0.25, -0.2) is 4.39 Å². The minimum Gasteiger partial charge on any atom is -0.329 e. The van der Waals surface area contributed by atoms with Gasteiger partial charge in [0, 0.05) is 25.7 Å². The summed E-state index contributed by atoms with van der Waals surface area (Å²) in [6, 6.07) is 10.7. The van der Waals surface area contributed by atoms with Gasteiger partial charge in [-0.3, -0.25) is 14.9 Å². The zero-order valence-electron chi connectivity index (χ0n) is 14.9. The van der Waals surface area contributed by atoms with Crippen molar-refractivity contribution in [2.45, 2.75) is 19.4 Å². The first-order valence-electron chi connectivity index (χ1n) is 8.55. The van der Waals surface area contributed by atoms with E-state index in [1.165, 1.54) is 5.56 Å². The quantitative estimate of drug-likeness (QED) is 0.637. The molecule has 1 fully saturated rings. The third kappa shape index (κ3) is 4.43.